The van der Waals surface area contributed by atoms with Crippen LogP contribution in [-0.4, -0.2) is 37.3 Å². The predicted molar refractivity (Wildman–Crippen MR) is 111 cm³/mol. The molecule has 0 fully saturated rings. The van der Waals surface area contributed by atoms with Gasteiger partial charge in [0.15, 0.2) is 5.13 Å². The first kappa shape index (κ1) is 19.6. The molecule has 7 nitrogen and oxygen atoms in total. The molecular weight excluding hydrogens is 410 g/mol. The fourth-order valence-electron chi connectivity index (χ4n) is 3.09. The van der Waals surface area contributed by atoms with Crippen LogP contribution in [0.25, 0.3) is 0 Å². The van der Waals surface area contributed by atoms with Gasteiger partial charge < -0.3 is 4.74 Å². The average Bonchev–Trinajstić information content (AvgIpc) is 3.15. The number of hydrogen-bond donors (Lipinski definition) is 1. The summed E-state index contributed by atoms with van der Waals surface area (Å²) in [4.78, 5) is 17.9. The molecule has 0 bridgehead atoms. The zero-order chi connectivity index (χ0) is 20.4. The van der Waals surface area contributed by atoms with Crippen molar-refractivity contribution in [1.29, 1.82) is 0 Å². The summed E-state index contributed by atoms with van der Waals surface area (Å²) in [5, 5.41) is 3.28. The molecule has 4 rings (SSSR count). The van der Waals surface area contributed by atoms with Gasteiger partial charge in [-0.2, -0.15) is 4.31 Å². The van der Waals surface area contributed by atoms with E-state index in [1.54, 1.807) is 48.5 Å². The highest BCUT2D eigenvalue weighted by Gasteiger charge is 2.30. The van der Waals surface area contributed by atoms with Gasteiger partial charge in [0.1, 0.15) is 5.75 Å². The molecule has 9 heteroatoms. The zero-order valence-electron chi connectivity index (χ0n) is 15.7. The minimum Gasteiger partial charge on any atom is -0.497 e. The van der Waals surface area contributed by atoms with Crippen molar-refractivity contribution in [1.82, 2.24) is 9.29 Å². The quantitative estimate of drug-likeness (QED) is 0.673. The number of ether oxygens (including phenoxy) is 1. The largest absolute Gasteiger partial charge is 0.497 e. The van der Waals surface area contributed by atoms with Crippen molar-refractivity contribution in [2.45, 2.75) is 17.9 Å². The van der Waals surface area contributed by atoms with Crippen molar-refractivity contribution in [3.8, 4) is 5.75 Å². The second-order valence-electron chi connectivity index (χ2n) is 6.47. The van der Waals surface area contributed by atoms with E-state index >= 15 is 0 Å². The number of aromatic nitrogens is 1. The number of methoxy groups -OCH3 is 1. The fourth-order valence-corrected chi connectivity index (χ4v) is 5.60. The van der Waals surface area contributed by atoms with Crippen molar-refractivity contribution >= 4 is 32.4 Å². The lowest BCUT2D eigenvalue weighted by Gasteiger charge is -2.25. The van der Waals surface area contributed by atoms with E-state index in [-0.39, 0.29) is 17.3 Å². The predicted octanol–water partition coefficient (Wildman–Crippen LogP) is 3.15. The summed E-state index contributed by atoms with van der Waals surface area (Å²) in [6.07, 6.45) is 0.502. The number of hydrogen-bond acceptors (Lipinski definition) is 6. The highest BCUT2D eigenvalue weighted by Crippen LogP contribution is 2.31. The van der Waals surface area contributed by atoms with E-state index in [4.69, 9.17) is 4.74 Å². The number of thiazole rings is 1. The summed E-state index contributed by atoms with van der Waals surface area (Å²) < 4.78 is 32.5. The number of rotatable bonds is 5. The number of sulfonamides is 1. The van der Waals surface area contributed by atoms with Gasteiger partial charge in [0.05, 0.1) is 24.2 Å². The number of benzene rings is 2. The van der Waals surface area contributed by atoms with Crippen molar-refractivity contribution in [2.24, 2.45) is 0 Å². The molecule has 1 aromatic heterocycles. The number of carbonyl (C=O) groups excluding carboxylic acids is 1. The number of nitrogens with one attached hydrogen (secondary N) is 1. The molecule has 150 valence electrons. The fraction of sp³-hybridized carbons (Fsp3) is 0.200. The Kier molecular flexibility index (Phi) is 5.35. The topological polar surface area (TPSA) is 88.6 Å². The molecule has 0 saturated carbocycles. The van der Waals surface area contributed by atoms with E-state index in [1.807, 2.05) is 6.07 Å². The molecule has 3 aromatic rings. The van der Waals surface area contributed by atoms with Gasteiger partial charge in [-0.15, -0.1) is 11.3 Å². The molecule has 2 heterocycles. The lowest BCUT2D eigenvalue weighted by molar-refractivity contribution is 0.102. The maximum Gasteiger partial charge on any atom is 0.257 e. The van der Waals surface area contributed by atoms with Gasteiger partial charge in [-0.1, -0.05) is 18.2 Å². The maximum absolute atomic E-state index is 13.0. The van der Waals surface area contributed by atoms with Gasteiger partial charge in [0.25, 0.3) is 5.91 Å². The number of carbonyl (C=O) groups is 1. The normalized spacial score (nSPS) is 14.2. The third-order valence-electron chi connectivity index (χ3n) is 4.65. The minimum absolute atomic E-state index is 0.226. The minimum atomic E-state index is -3.62. The van der Waals surface area contributed by atoms with Crippen molar-refractivity contribution in [2.75, 3.05) is 19.0 Å². The lowest BCUT2D eigenvalue weighted by atomic mass is 10.2. The third-order valence-corrected chi connectivity index (χ3v) is 7.51. The van der Waals surface area contributed by atoms with Gasteiger partial charge in [-0.25, -0.2) is 13.4 Å². The third kappa shape index (κ3) is 4.02. The van der Waals surface area contributed by atoms with Crippen LogP contribution in [0.3, 0.4) is 0 Å². The smallest absolute Gasteiger partial charge is 0.257 e. The van der Waals surface area contributed by atoms with Crippen LogP contribution in [0, 0.1) is 0 Å². The highest BCUT2D eigenvalue weighted by molar-refractivity contribution is 7.89. The van der Waals surface area contributed by atoms with Gasteiger partial charge in [0, 0.05) is 23.4 Å². The summed E-state index contributed by atoms with van der Waals surface area (Å²) >= 11 is 1.31. The molecule has 1 aliphatic heterocycles. The van der Waals surface area contributed by atoms with Crippen molar-refractivity contribution < 1.29 is 17.9 Å². The van der Waals surface area contributed by atoms with Crippen LogP contribution in [0.2, 0.25) is 0 Å². The molecule has 1 aliphatic rings. The van der Waals surface area contributed by atoms with E-state index in [0.717, 1.165) is 10.6 Å². The van der Waals surface area contributed by atoms with Crippen LogP contribution >= 0.6 is 11.3 Å². The molecule has 0 aliphatic carbocycles. The number of amides is 1. The summed E-state index contributed by atoms with van der Waals surface area (Å²) in [5.74, 6) is 0.366. The molecule has 0 saturated heterocycles. The maximum atomic E-state index is 13.0. The number of nitrogens with zero attached hydrogens (tertiary/aromatic N) is 2. The summed E-state index contributed by atoms with van der Waals surface area (Å²) in [6, 6.07) is 15.2. The monoisotopic (exact) mass is 429 g/mol. The standard InChI is InChI=1S/C20H19N3O4S2/c1-27-15-7-9-16(10-8-15)29(25,26)23-12-11-17-18(13-23)28-20(21-17)22-19(24)14-5-3-2-4-6-14/h2-10H,11-13H2,1H3,(H,21,22,24). The van der Waals surface area contributed by atoms with Crippen LogP contribution in [-0.2, 0) is 23.0 Å². The molecule has 1 N–H and O–H groups in total. The summed E-state index contributed by atoms with van der Waals surface area (Å²) in [6.45, 7) is 0.583. The molecule has 1 amide bonds. The first-order valence-corrected chi connectivity index (χ1v) is 11.2. The van der Waals surface area contributed by atoms with Gasteiger partial charge >= 0.3 is 0 Å². The van der Waals surface area contributed by atoms with Crippen LogP contribution < -0.4 is 10.1 Å². The summed E-state index contributed by atoms with van der Waals surface area (Å²) in [7, 11) is -2.08. The molecule has 0 unspecified atom stereocenters. The van der Waals surface area contributed by atoms with E-state index < -0.39 is 10.0 Å². The van der Waals surface area contributed by atoms with Crippen LogP contribution in [0.5, 0.6) is 5.75 Å². The molecular formula is C20H19N3O4S2. The molecule has 2 aromatic carbocycles. The Bertz CT molecular complexity index is 1130. The lowest BCUT2D eigenvalue weighted by Crippen LogP contribution is -2.35. The highest BCUT2D eigenvalue weighted by atomic mass is 32.2. The van der Waals surface area contributed by atoms with Gasteiger partial charge in [0.2, 0.25) is 10.0 Å². The Labute approximate surface area is 173 Å². The summed E-state index contributed by atoms with van der Waals surface area (Å²) in [5.41, 5.74) is 1.38. The molecule has 29 heavy (non-hydrogen) atoms. The van der Waals surface area contributed by atoms with E-state index in [1.165, 1.54) is 22.8 Å². The Hall–Kier alpha value is -2.75. The van der Waals surface area contributed by atoms with E-state index in [2.05, 4.69) is 10.3 Å². The van der Waals surface area contributed by atoms with E-state index in [0.29, 0.717) is 29.4 Å². The second-order valence-corrected chi connectivity index (χ2v) is 9.49. The van der Waals surface area contributed by atoms with Crippen molar-refractivity contribution in [3.05, 3.63) is 70.7 Å². The Morgan fingerprint density at radius 3 is 2.55 bits per heavy atom. The first-order chi connectivity index (χ1) is 14.0. The first-order valence-electron chi connectivity index (χ1n) is 8.96. The van der Waals surface area contributed by atoms with Crippen LogP contribution in [0.4, 0.5) is 5.13 Å². The number of anilines is 1. The Balaban J connectivity index is 1.50. The van der Waals surface area contributed by atoms with Gasteiger partial charge in [-0.3, -0.25) is 10.1 Å². The van der Waals surface area contributed by atoms with E-state index in [9.17, 15) is 13.2 Å². The average molecular weight is 430 g/mol. The zero-order valence-corrected chi connectivity index (χ0v) is 17.3. The van der Waals surface area contributed by atoms with Crippen LogP contribution in [0.15, 0.2) is 59.5 Å². The Morgan fingerprint density at radius 2 is 1.86 bits per heavy atom. The van der Waals surface area contributed by atoms with Gasteiger partial charge in [-0.05, 0) is 36.4 Å². The molecule has 0 spiro atoms. The number of fused-ring (bicyclic) bond motifs is 1. The van der Waals surface area contributed by atoms with Crippen LogP contribution in [0.1, 0.15) is 20.9 Å². The Morgan fingerprint density at radius 1 is 1.14 bits per heavy atom. The molecule has 0 radical (unpaired) electrons. The second kappa shape index (κ2) is 7.94. The SMILES string of the molecule is COc1ccc(S(=O)(=O)N2CCc3nc(NC(=O)c4ccccc4)sc3C2)cc1. The van der Waals surface area contributed by atoms with Crippen molar-refractivity contribution in [3.63, 3.8) is 0 Å². The molecule has 0 atom stereocenters.